The number of nitrogens with one attached hydrogen (secondary N) is 2. The molecule has 0 aliphatic carbocycles. The van der Waals surface area contributed by atoms with E-state index >= 15 is 0 Å². The Morgan fingerprint density at radius 1 is 1.30 bits per heavy atom. The molecule has 4 N–H and O–H groups in total. The first-order chi connectivity index (χ1) is 10.9. The number of amides is 2. The first-order valence-electron chi connectivity index (χ1n) is 7.01. The maximum atomic E-state index is 12.3. The lowest BCUT2D eigenvalue weighted by Gasteiger charge is -2.17. The van der Waals surface area contributed by atoms with Crippen LogP contribution < -0.4 is 21.1 Å². The Labute approximate surface area is 138 Å². The molecular formula is C16H19N3O3S. The topological polar surface area (TPSA) is 93.4 Å². The molecule has 2 rings (SSSR count). The average Bonchev–Trinajstić information content (AvgIpc) is 2.95. The molecule has 23 heavy (non-hydrogen) atoms. The lowest BCUT2D eigenvalue weighted by atomic mass is 10.2. The highest BCUT2D eigenvalue weighted by Crippen LogP contribution is 2.27. The summed E-state index contributed by atoms with van der Waals surface area (Å²) in [6, 6.07) is 6.74. The summed E-state index contributed by atoms with van der Waals surface area (Å²) >= 11 is 1.25. The first kappa shape index (κ1) is 16.8. The van der Waals surface area contributed by atoms with Crippen molar-refractivity contribution >= 4 is 33.8 Å². The molecule has 0 saturated heterocycles. The third-order valence-corrected chi connectivity index (χ3v) is 4.12. The van der Waals surface area contributed by atoms with Crippen LogP contribution in [0.1, 0.15) is 22.8 Å². The van der Waals surface area contributed by atoms with Crippen molar-refractivity contribution in [3.8, 4) is 5.75 Å². The molecule has 6 nitrogen and oxygen atoms in total. The smallest absolute Gasteiger partial charge is 0.251 e. The van der Waals surface area contributed by atoms with Gasteiger partial charge in [0, 0.05) is 0 Å². The van der Waals surface area contributed by atoms with Crippen LogP contribution >= 0.6 is 11.3 Å². The molecule has 2 aromatic rings. The average molecular weight is 333 g/mol. The number of carbonyl (C=O) groups excluding carboxylic acids is 2. The van der Waals surface area contributed by atoms with Crippen molar-refractivity contribution in [2.24, 2.45) is 5.73 Å². The van der Waals surface area contributed by atoms with Gasteiger partial charge in [-0.05, 0) is 43.0 Å². The number of hydrogen-bond acceptors (Lipinski definition) is 5. The van der Waals surface area contributed by atoms with Crippen molar-refractivity contribution < 1.29 is 14.3 Å². The fraction of sp³-hybridized carbons (Fsp3) is 0.250. The number of anilines is 2. The standard InChI is InChI=1S/C16H19N3O3S/c1-9-4-5-13(22-3)12(8-9)18-10(2)15(21)19-16-11(14(17)20)6-7-23-16/h4-8,10,18H,1-3H3,(H2,17,20)(H,19,21). The summed E-state index contributed by atoms with van der Waals surface area (Å²) < 4.78 is 5.28. The van der Waals surface area contributed by atoms with Crippen LogP contribution in [0.25, 0.3) is 0 Å². The number of aryl methyl sites for hydroxylation is 1. The number of primary amides is 1. The Hall–Kier alpha value is -2.54. The van der Waals surface area contributed by atoms with Gasteiger partial charge in [0.15, 0.2) is 0 Å². The second-order valence-corrected chi connectivity index (χ2v) is 6.00. The van der Waals surface area contributed by atoms with Gasteiger partial charge in [0.05, 0.1) is 18.4 Å². The van der Waals surface area contributed by atoms with E-state index in [1.807, 2.05) is 25.1 Å². The van der Waals surface area contributed by atoms with Gasteiger partial charge in [-0.2, -0.15) is 0 Å². The largest absolute Gasteiger partial charge is 0.495 e. The van der Waals surface area contributed by atoms with Gasteiger partial charge >= 0.3 is 0 Å². The van der Waals surface area contributed by atoms with Crippen LogP contribution in [-0.2, 0) is 4.79 Å². The highest BCUT2D eigenvalue weighted by molar-refractivity contribution is 7.14. The molecule has 0 aliphatic heterocycles. The van der Waals surface area contributed by atoms with Gasteiger partial charge in [-0.15, -0.1) is 11.3 Å². The van der Waals surface area contributed by atoms with Gasteiger partial charge in [-0.3, -0.25) is 9.59 Å². The summed E-state index contributed by atoms with van der Waals surface area (Å²) in [5, 5.41) is 7.99. The molecular weight excluding hydrogens is 314 g/mol. The molecule has 1 unspecified atom stereocenters. The zero-order valence-electron chi connectivity index (χ0n) is 13.2. The highest BCUT2D eigenvalue weighted by atomic mass is 32.1. The number of benzene rings is 1. The Kier molecular flexibility index (Phi) is 5.23. The summed E-state index contributed by atoms with van der Waals surface area (Å²) in [6.07, 6.45) is 0. The normalized spacial score (nSPS) is 11.6. The second-order valence-electron chi connectivity index (χ2n) is 5.09. The van der Waals surface area contributed by atoms with Crippen molar-refractivity contribution in [2.45, 2.75) is 19.9 Å². The Morgan fingerprint density at radius 2 is 2.04 bits per heavy atom. The molecule has 0 radical (unpaired) electrons. The number of thiophene rings is 1. The monoisotopic (exact) mass is 333 g/mol. The van der Waals surface area contributed by atoms with E-state index in [1.165, 1.54) is 11.3 Å². The number of methoxy groups -OCH3 is 1. The van der Waals surface area contributed by atoms with E-state index < -0.39 is 11.9 Å². The minimum Gasteiger partial charge on any atom is -0.495 e. The SMILES string of the molecule is COc1ccc(C)cc1NC(C)C(=O)Nc1sccc1C(N)=O. The minimum absolute atomic E-state index is 0.265. The fourth-order valence-electron chi connectivity index (χ4n) is 2.05. The summed E-state index contributed by atoms with van der Waals surface area (Å²) in [7, 11) is 1.57. The van der Waals surface area contributed by atoms with Gasteiger partial charge < -0.3 is 21.1 Å². The zero-order valence-corrected chi connectivity index (χ0v) is 14.0. The lowest BCUT2D eigenvalue weighted by Crippen LogP contribution is -2.32. The molecule has 1 atom stereocenters. The highest BCUT2D eigenvalue weighted by Gasteiger charge is 2.18. The van der Waals surface area contributed by atoms with Gasteiger partial charge in [0.1, 0.15) is 16.8 Å². The van der Waals surface area contributed by atoms with Crippen molar-refractivity contribution in [3.63, 3.8) is 0 Å². The van der Waals surface area contributed by atoms with Gasteiger partial charge in [0.2, 0.25) is 5.91 Å². The van der Waals surface area contributed by atoms with Crippen molar-refractivity contribution in [1.82, 2.24) is 0 Å². The van der Waals surface area contributed by atoms with Crippen molar-refractivity contribution in [3.05, 3.63) is 40.8 Å². The Morgan fingerprint density at radius 3 is 2.70 bits per heavy atom. The number of carbonyl (C=O) groups is 2. The quantitative estimate of drug-likeness (QED) is 0.757. The van der Waals surface area contributed by atoms with Crippen LogP contribution in [0, 0.1) is 6.92 Å². The molecule has 7 heteroatoms. The predicted octanol–water partition coefficient (Wildman–Crippen LogP) is 2.60. The zero-order chi connectivity index (χ0) is 17.0. The maximum Gasteiger partial charge on any atom is 0.251 e. The van der Waals surface area contributed by atoms with Crippen LogP contribution in [0.5, 0.6) is 5.75 Å². The minimum atomic E-state index is -0.567. The van der Waals surface area contributed by atoms with E-state index in [0.29, 0.717) is 16.3 Å². The lowest BCUT2D eigenvalue weighted by molar-refractivity contribution is -0.116. The van der Waals surface area contributed by atoms with E-state index in [9.17, 15) is 9.59 Å². The van der Waals surface area contributed by atoms with Crippen molar-refractivity contribution in [2.75, 3.05) is 17.7 Å². The van der Waals surface area contributed by atoms with Crippen molar-refractivity contribution in [1.29, 1.82) is 0 Å². The van der Waals surface area contributed by atoms with Gasteiger partial charge in [-0.1, -0.05) is 6.07 Å². The molecule has 0 bridgehead atoms. The van der Waals surface area contributed by atoms with E-state index in [4.69, 9.17) is 10.5 Å². The molecule has 1 heterocycles. The van der Waals surface area contributed by atoms with Gasteiger partial charge in [-0.25, -0.2) is 0 Å². The second kappa shape index (κ2) is 7.15. The molecule has 1 aromatic heterocycles. The molecule has 0 aliphatic rings. The summed E-state index contributed by atoms with van der Waals surface area (Å²) in [4.78, 5) is 23.6. The third kappa shape index (κ3) is 4.01. The van der Waals surface area contributed by atoms with E-state index in [1.54, 1.807) is 25.5 Å². The molecule has 0 saturated carbocycles. The number of rotatable bonds is 6. The Bertz CT molecular complexity index is 727. The number of ether oxygens (including phenoxy) is 1. The first-order valence-corrected chi connectivity index (χ1v) is 7.89. The van der Waals surface area contributed by atoms with E-state index in [0.717, 1.165) is 11.3 Å². The van der Waals surface area contributed by atoms with Crippen LogP contribution in [0.2, 0.25) is 0 Å². The molecule has 1 aromatic carbocycles. The number of nitrogens with two attached hydrogens (primary N) is 1. The fourth-order valence-corrected chi connectivity index (χ4v) is 2.85. The maximum absolute atomic E-state index is 12.3. The van der Waals surface area contributed by atoms with E-state index in [2.05, 4.69) is 10.6 Å². The van der Waals surface area contributed by atoms with Crippen LogP contribution in [0.4, 0.5) is 10.7 Å². The summed E-state index contributed by atoms with van der Waals surface area (Å²) in [6.45, 7) is 3.69. The van der Waals surface area contributed by atoms with Crippen LogP contribution in [0.3, 0.4) is 0 Å². The van der Waals surface area contributed by atoms with Crippen LogP contribution in [-0.4, -0.2) is 25.0 Å². The summed E-state index contributed by atoms with van der Waals surface area (Å²) in [5.74, 6) is -0.176. The summed E-state index contributed by atoms with van der Waals surface area (Å²) in [5.41, 5.74) is 7.37. The van der Waals surface area contributed by atoms with Gasteiger partial charge in [0.25, 0.3) is 5.91 Å². The van der Waals surface area contributed by atoms with E-state index in [-0.39, 0.29) is 5.91 Å². The predicted molar refractivity (Wildman–Crippen MR) is 92.3 cm³/mol. The number of hydrogen-bond donors (Lipinski definition) is 3. The molecule has 122 valence electrons. The molecule has 0 spiro atoms. The molecule has 2 amide bonds. The van der Waals surface area contributed by atoms with Crippen LogP contribution in [0.15, 0.2) is 29.6 Å². The Balaban J connectivity index is 2.10. The third-order valence-electron chi connectivity index (χ3n) is 3.29. The molecule has 0 fully saturated rings.